The van der Waals surface area contributed by atoms with E-state index in [4.69, 9.17) is 9.84 Å². The monoisotopic (exact) mass is 293 g/mol. The molecule has 0 saturated heterocycles. The fourth-order valence-electron chi connectivity index (χ4n) is 2.11. The molecule has 0 fully saturated rings. The smallest absolute Gasteiger partial charge is 0.258 e. The van der Waals surface area contributed by atoms with Crippen LogP contribution in [0.25, 0.3) is 0 Å². The van der Waals surface area contributed by atoms with Gasteiger partial charge in [-0.25, -0.2) is 0 Å². The molecular formula is C17H27NO3. The van der Waals surface area contributed by atoms with Gasteiger partial charge in [-0.1, -0.05) is 32.9 Å². The van der Waals surface area contributed by atoms with Crippen LogP contribution < -0.4 is 10.1 Å². The van der Waals surface area contributed by atoms with Crippen LogP contribution in [0, 0.1) is 19.3 Å². The second-order valence-electron chi connectivity index (χ2n) is 6.49. The Bertz CT molecular complexity index is 477. The molecule has 0 radical (unpaired) electrons. The molecule has 0 bridgehead atoms. The Labute approximate surface area is 127 Å². The second kappa shape index (κ2) is 7.46. The van der Waals surface area contributed by atoms with E-state index in [1.54, 1.807) is 0 Å². The Morgan fingerprint density at radius 1 is 1.33 bits per heavy atom. The van der Waals surface area contributed by atoms with Crippen molar-refractivity contribution in [3.05, 3.63) is 29.3 Å². The lowest BCUT2D eigenvalue weighted by atomic mass is 9.85. The quantitative estimate of drug-likeness (QED) is 0.847. The van der Waals surface area contributed by atoms with Gasteiger partial charge in [0.15, 0.2) is 6.61 Å². The molecule has 0 aliphatic carbocycles. The average molecular weight is 293 g/mol. The summed E-state index contributed by atoms with van der Waals surface area (Å²) in [5, 5.41) is 12.0. The zero-order chi connectivity index (χ0) is 16.0. The van der Waals surface area contributed by atoms with Gasteiger partial charge in [-0.15, -0.1) is 0 Å². The molecule has 1 amide bonds. The molecule has 1 rings (SSSR count). The van der Waals surface area contributed by atoms with E-state index < -0.39 is 0 Å². The highest BCUT2D eigenvalue weighted by molar-refractivity contribution is 5.78. The molecule has 0 aliphatic heterocycles. The van der Waals surface area contributed by atoms with Gasteiger partial charge < -0.3 is 15.2 Å². The molecule has 118 valence electrons. The minimum Gasteiger partial charge on any atom is -0.483 e. The first-order valence-corrected chi connectivity index (χ1v) is 7.35. The number of ether oxygens (including phenoxy) is 1. The van der Waals surface area contributed by atoms with Gasteiger partial charge in [0, 0.05) is 12.6 Å². The second-order valence-corrected chi connectivity index (χ2v) is 6.49. The summed E-state index contributed by atoms with van der Waals surface area (Å²) >= 11 is 0. The molecule has 0 saturated carbocycles. The topological polar surface area (TPSA) is 58.6 Å². The van der Waals surface area contributed by atoms with E-state index in [0.29, 0.717) is 6.42 Å². The van der Waals surface area contributed by atoms with Crippen molar-refractivity contribution in [2.75, 3.05) is 13.2 Å². The van der Waals surface area contributed by atoms with Crippen molar-refractivity contribution in [3.63, 3.8) is 0 Å². The van der Waals surface area contributed by atoms with Gasteiger partial charge in [-0.3, -0.25) is 4.79 Å². The molecule has 1 aromatic carbocycles. The van der Waals surface area contributed by atoms with Crippen molar-refractivity contribution < 1.29 is 14.6 Å². The van der Waals surface area contributed by atoms with E-state index in [1.807, 2.05) is 52.8 Å². The molecule has 0 spiro atoms. The van der Waals surface area contributed by atoms with Crippen LogP contribution in [-0.2, 0) is 4.79 Å². The van der Waals surface area contributed by atoms with Crippen LogP contribution in [0.2, 0.25) is 0 Å². The summed E-state index contributed by atoms with van der Waals surface area (Å²) in [5.74, 6) is 0.573. The lowest BCUT2D eigenvalue weighted by Crippen LogP contribution is -2.46. The molecule has 0 heterocycles. The van der Waals surface area contributed by atoms with Gasteiger partial charge in [0.1, 0.15) is 5.75 Å². The fraction of sp³-hybridized carbons (Fsp3) is 0.588. The van der Waals surface area contributed by atoms with Gasteiger partial charge in [0.25, 0.3) is 5.91 Å². The lowest BCUT2D eigenvalue weighted by Gasteiger charge is -2.31. The van der Waals surface area contributed by atoms with Crippen LogP contribution >= 0.6 is 0 Å². The zero-order valence-electron chi connectivity index (χ0n) is 13.7. The molecular weight excluding hydrogens is 266 g/mol. The molecule has 1 atom stereocenters. The predicted octanol–water partition coefficient (Wildman–Crippen LogP) is 2.60. The third-order valence-corrected chi connectivity index (χ3v) is 3.71. The number of hydrogen-bond donors (Lipinski definition) is 2. The van der Waals surface area contributed by atoms with Gasteiger partial charge in [-0.2, -0.15) is 0 Å². The molecule has 21 heavy (non-hydrogen) atoms. The van der Waals surface area contributed by atoms with E-state index in [2.05, 4.69) is 5.32 Å². The van der Waals surface area contributed by atoms with Gasteiger partial charge in [0.2, 0.25) is 0 Å². The number of benzene rings is 1. The number of hydrogen-bond acceptors (Lipinski definition) is 3. The molecule has 0 aliphatic rings. The molecule has 1 unspecified atom stereocenters. The van der Waals surface area contributed by atoms with Crippen LogP contribution in [0.5, 0.6) is 5.75 Å². The van der Waals surface area contributed by atoms with Crippen LogP contribution in [-0.4, -0.2) is 30.3 Å². The van der Waals surface area contributed by atoms with Crippen molar-refractivity contribution in [3.8, 4) is 5.75 Å². The van der Waals surface area contributed by atoms with Gasteiger partial charge in [-0.05, 0) is 42.9 Å². The lowest BCUT2D eigenvalue weighted by molar-refractivity contribution is -0.124. The first kappa shape index (κ1) is 17.5. The molecule has 0 aromatic heterocycles. The first-order chi connectivity index (χ1) is 9.75. The van der Waals surface area contributed by atoms with Crippen LogP contribution in [0.15, 0.2) is 18.2 Å². The van der Waals surface area contributed by atoms with E-state index >= 15 is 0 Å². The highest BCUT2D eigenvalue weighted by Crippen LogP contribution is 2.22. The van der Waals surface area contributed by atoms with Crippen LogP contribution in [0.1, 0.15) is 38.3 Å². The summed E-state index contributed by atoms with van der Waals surface area (Å²) in [4.78, 5) is 12.0. The predicted molar refractivity (Wildman–Crippen MR) is 84.5 cm³/mol. The Balaban J connectivity index is 2.59. The number of carbonyl (C=O) groups excluding carboxylic acids is 1. The Morgan fingerprint density at radius 2 is 2.00 bits per heavy atom. The minimum atomic E-state index is -0.163. The number of carbonyl (C=O) groups is 1. The third-order valence-electron chi connectivity index (χ3n) is 3.71. The molecule has 2 N–H and O–H groups in total. The number of amides is 1. The van der Waals surface area contributed by atoms with Gasteiger partial charge in [0.05, 0.1) is 0 Å². The largest absolute Gasteiger partial charge is 0.483 e. The molecule has 4 heteroatoms. The standard InChI is InChI=1S/C17H27NO3/c1-12-7-6-8-14(13(12)2)21-11-16(20)18-15(9-10-19)17(3,4)5/h6-8,15,19H,9-11H2,1-5H3,(H,18,20). The summed E-state index contributed by atoms with van der Waals surface area (Å²) in [7, 11) is 0. The Kier molecular flexibility index (Phi) is 6.21. The molecule has 4 nitrogen and oxygen atoms in total. The number of rotatable bonds is 6. The van der Waals surface area contributed by atoms with Crippen LogP contribution in [0.4, 0.5) is 0 Å². The summed E-state index contributed by atoms with van der Waals surface area (Å²) in [6.07, 6.45) is 0.540. The minimum absolute atomic E-state index is 0.0116. The van der Waals surface area contributed by atoms with Crippen molar-refractivity contribution in [1.82, 2.24) is 5.32 Å². The maximum Gasteiger partial charge on any atom is 0.258 e. The first-order valence-electron chi connectivity index (χ1n) is 7.35. The fourth-order valence-corrected chi connectivity index (χ4v) is 2.11. The van der Waals surface area contributed by atoms with Crippen molar-refractivity contribution in [2.24, 2.45) is 5.41 Å². The summed E-state index contributed by atoms with van der Waals surface area (Å²) in [5.41, 5.74) is 2.09. The van der Waals surface area contributed by atoms with Gasteiger partial charge >= 0.3 is 0 Å². The highest BCUT2D eigenvalue weighted by Gasteiger charge is 2.25. The number of nitrogens with one attached hydrogen (secondary N) is 1. The molecule has 1 aromatic rings. The van der Waals surface area contributed by atoms with E-state index in [-0.39, 0.29) is 30.6 Å². The number of aliphatic hydroxyl groups excluding tert-OH is 1. The summed E-state index contributed by atoms with van der Waals surface area (Å²) < 4.78 is 5.60. The van der Waals surface area contributed by atoms with Crippen LogP contribution in [0.3, 0.4) is 0 Å². The van der Waals surface area contributed by atoms with E-state index in [1.165, 1.54) is 0 Å². The zero-order valence-corrected chi connectivity index (χ0v) is 13.7. The summed E-state index contributed by atoms with van der Waals surface area (Å²) in [6, 6.07) is 5.72. The third kappa shape index (κ3) is 5.38. The SMILES string of the molecule is Cc1cccc(OCC(=O)NC(CCO)C(C)(C)C)c1C. The van der Waals surface area contributed by atoms with Crippen molar-refractivity contribution in [2.45, 2.75) is 47.1 Å². The van der Waals surface area contributed by atoms with Crippen molar-refractivity contribution >= 4 is 5.91 Å². The highest BCUT2D eigenvalue weighted by atomic mass is 16.5. The van der Waals surface area contributed by atoms with Crippen molar-refractivity contribution in [1.29, 1.82) is 0 Å². The average Bonchev–Trinajstić information content (AvgIpc) is 2.39. The maximum atomic E-state index is 12.0. The Hall–Kier alpha value is -1.55. The van der Waals surface area contributed by atoms with E-state index in [9.17, 15) is 4.79 Å². The number of aliphatic hydroxyl groups is 1. The summed E-state index contributed by atoms with van der Waals surface area (Å²) in [6.45, 7) is 10.2. The maximum absolute atomic E-state index is 12.0. The normalized spacial score (nSPS) is 12.9. The Morgan fingerprint density at radius 3 is 2.57 bits per heavy atom. The van der Waals surface area contributed by atoms with E-state index in [0.717, 1.165) is 16.9 Å². The number of aryl methyl sites for hydroxylation is 1.